The van der Waals surface area contributed by atoms with Gasteiger partial charge in [-0.05, 0) is 51.0 Å². The second kappa shape index (κ2) is 9.47. The minimum Gasteiger partial charge on any atom is -0.489 e. The maximum absolute atomic E-state index is 12.9. The Morgan fingerprint density at radius 1 is 1.33 bits per heavy atom. The molecule has 0 aromatic heterocycles. The van der Waals surface area contributed by atoms with Gasteiger partial charge in [-0.25, -0.2) is 4.39 Å². The van der Waals surface area contributed by atoms with E-state index in [4.69, 9.17) is 9.47 Å². The first-order valence-electron chi connectivity index (χ1n) is 8.61. The highest BCUT2D eigenvalue weighted by Gasteiger charge is 2.21. The predicted molar refractivity (Wildman–Crippen MR) is 94.1 cm³/mol. The van der Waals surface area contributed by atoms with Crippen LogP contribution in [0.1, 0.15) is 26.7 Å². The fourth-order valence-electron chi connectivity index (χ4n) is 2.82. The Balaban J connectivity index is 1.76. The molecule has 5 nitrogen and oxygen atoms in total. The molecule has 1 unspecified atom stereocenters. The van der Waals surface area contributed by atoms with Gasteiger partial charge in [-0.1, -0.05) is 0 Å². The van der Waals surface area contributed by atoms with E-state index < -0.39 is 0 Å². The van der Waals surface area contributed by atoms with Crippen molar-refractivity contribution in [1.29, 1.82) is 0 Å². The minimum absolute atomic E-state index is 0.0480. The van der Waals surface area contributed by atoms with Gasteiger partial charge in [-0.15, -0.1) is 0 Å². The van der Waals surface area contributed by atoms with E-state index in [0.29, 0.717) is 18.4 Å². The van der Waals surface area contributed by atoms with Gasteiger partial charge >= 0.3 is 0 Å². The Bertz CT molecular complexity index is 514. The van der Waals surface area contributed by atoms with Gasteiger partial charge in [0.2, 0.25) is 0 Å². The Hall–Kier alpha value is -1.82. The number of nitrogens with one attached hydrogen (secondary N) is 1. The Labute approximate surface area is 143 Å². The van der Waals surface area contributed by atoms with Crippen molar-refractivity contribution < 1.29 is 13.9 Å². The highest BCUT2D eigenvalue weighted by Crippen LogP contribution is 2.14. The van der Waals surface area contributed by atoms with E-state index in [-0.39, 0.29) is 11.9 Å². The van der Waals surface area contributed by atoms with E-state index in [2.05, 4.69) is 15.2 Å². The second-order valence-corrected chi connectivity index (χ2v) is 5.95. The first-order valence-corrected chi connectivity index (χ1v) is 8.61. The molecule has 24 heavy (non-hydrogen) atoms. The van der Waals surface area contributed by atoms with Crippen molar-refractivity contribution in [2.45, 2.75) is 38.9 Å². The van der Waals surface area contributed by atoms with Crippen LogP contribution in [0.25, 0.3) is 0 Å². The van der Waals surface area contributed by atoms with Crippen molar-refractivity contribution in [3.8, 4) is 5.75 Å². The predicted octanol–water partition coefficient (Wildman–Crippen LogP) is 2.67. The first-order chi connectivity index (χ1) is 11.6. The Kier molecular flexibility index (Phi) is 7.31. The number of benzene rings is 1. The number of halogens is 1. The van der Waals surface area contributed by atoms with Gasteiger partial charge in [0.1, 0.15) is 17.7 Å². The zero-order valence-corrected chi connectivity index (χ0v) is 14.8. The molecule has 2 rings (SSSR count). The molecular formula is C18H28FN3O2. The van der Waals surface area contributed by atoms with Crippen molar-refractivity contribution in [2.75, 3.05) is 33.3 Å². The Morgan fingerprint density at radius 3 is 2.58 bits per heavy atom. The Morgan fingerprint density at radius 2 is 2.00 bits per heavy atom. The smallest absolute Gasteiger partial charge is 0.193 e. The van der Waals surface area contributed by atoms with E-state index in [1.807, 2.05) is 13.8 Å². The normalized spacial score (nSPS) is 17.7. The lowest BCUT2D eigenvalue weighted by Crippen LogP contribution is -2.48. The molecule has 1 atom stereocenters. The quantitative estimate of drug-likeness (QED) is 0.640. The SMILES string of the molecule is CCOC1CCN(C(=NC)NCC(C)Oc2ccc(F)cc2)CC1. The van der Waals surface area contributed by atoms with Crippen LogP contribution < -0.4 is 10.1 Å². The van der Waals surface area contributed by atoms with E-state index in [1.165, 1.54) is 12.1 Å². The van der Waals surface area contributed by atoms with Crippen molar-refractivity contribution in [3.05, 3.63) is 30.1 Å². The number of likely N-dealkylation sites (tertiary alicyclic amines) is 1. The van der Waals surface area contributed by atoms with Crippen LogP contribution in [0.5, 0.6) is 5.75 Å². The van der Waals surface area contributed by atoms with Crippen LogP contribution in [0, 0.1) is 5.82 Å². The third-order valence-electron chi connectivity index (χ3n) is 4.05. The van der Waals surface area contributed by atoms with Crippen LogP contribution in [0.15, 0.2) is 29.3 Å². The number of aliphatic imine (C=N–C) groups is 1. The summed E-state index contributed by atoms with van der Waals surface area (Å²) in [5.41, 5.74) is 0. The largest absolute Gasteiger partial charge is 0.489 e. The fraction of sp³-hybridized carbons (Fsp3) is 0.611. The highest BCUT2D eigenvalue weighted by molar-refractivity contribution is 5.80. The van der Waals surface area contributed by atoms with Gasteiger partial charge in [-0.2, -0.15) is 0 Å². The average molecular weight is 337 g/mol. The molecule has 0 spiro atoms. The summed E-state index contributed by atoms with van der Waals surface area (Å²) in [6.45, 7) is 7.31. The van der Waals surface area contributed by atoms with Crippen molar-refractivity contribution in [1.82, 2.24) is 10.2 Å². The van der Waals surface area contributed by atoms with Crippen LogP contribution in [0.4, 0.5) is 4.39 Å². The molecule has 134 valence electrons. The molecule has 0 amide bonds. The maximum atomic E-state index is 12.9. The molecule has 1 aromatic carbocycles. The van der Waals surface area contributed by atoms with E-state index in [9.17, 15) is 4.39 Å². The van der Waals surface area contributed by atoms with Crippen molar-refractivity contribution in [2.24, 2.45) is 4.99 Å². The van der Waals surface area contributed by atoms with Gasteiger partial charge < -0.3 is 19.7 Å². The zero-order chi connectivity index (χ0) is 17.4. The summed E-state index contributed by atoms with van der Waals surface area (Å²) in [5.74, 6) is 1.29. The summed E-state index contributed by atoms with van der Waals surface area (Å²) >= 11 is 0. The minimum atomic E-state index is -0.260. The monoisotopic (exact) mass is 337 g/mol. The summed E-state index contributed by atoms with van der Waals surface area (Å²) in [4.78, 5) is 6.61. The third kappa shape index (κ3) is 5.67. The number of hydrogen-bond donors (Lipinski definition) is 1. The second-order valence-electron chi connectivity index (χ2n) is 5.95. The summed E-state index contributed by atoms with van der Waals surface area (Å²) in [5, 5.41) is 3.35. The standard InChI is InChI=1S/C18H28FN3O2/c1-4-23-16-9-11-22(12-10-16)18(20-3)21-13-14(2)24-17-7-5-15(19)6-8-17/h5-8,14,16H,4,9-13H2,1-3H3,(H,20,21). The summed E-state index contributed by atoms with van der Waals surface area (Å²) < 4.78 is 24.4. The zero-order valence-electron chi connectivity index (χ0n) is 14.8. The fourth-order valence-corrected chi connectivity index (χ4v) is 2.82. The molecule has 1 N–H and O–H groups in total. The lowest BCUT2D eigenvalue weighted by atomic mass is 10.1. The van der Waals surface area contributed by atoms with Crippen LogP contribution in [-0.4, -0.2) is 56.4 Å². The number of piperidine rings is 1. The number of hydrogen-bond acceptors (Lipinski definition) is 3. The molecule has 0 bridgehead atoms. The van der Waals surface area contributed by atoms with Gasteiger partial charge in [-0.3, -0.25) is 4.99 Å². The maximum Gasteiger partial charge on any atom is 0.193 e. The molecule has 0 saturated carbocycles. The van der Waals surface area contributed by atoms with Gasteiger partial charge in [0.25, 0.3) is 0 Å². The van der Waals surface area contributed by atoms with Crippen molar-refractivity contribution >= 4 is 5.96 Å². The molecule has 1 aliphatic heterocycles. The average Bonchev–Trinajstić information content (AvgIpc) is 2.59. The summed E-state index contributed by atoms with van der Waals surface area (Å²) in [7, 11) is 1.79. The molecule has 0 radical (unpaired) electrons. The topological polar surface area (TPSA) is 46.1 Å². The molecule has 1 fully saturated rings. The molecular weight excluding hydrogens is 309 g/mol. The number of rotatable bonds is 6. The molecule has 0 aliphatic carbocycles. The van der Waals surface area contributed by atoms with Crippen LogP contribution >= 0.6 is 0 Å². The summed E-state index contributed by atoms with van der Waals surface area (Å²) in [6.07, 6.45) is 2.37. The lowest BCUT2D eigenvalue weighted by Gasteiger charge is -2.34. The third-order valence-corrected chi connectivity index (χ3v) is 4.05. The van der Waals surface area contributed by atoms with Gasteiger partial charge in [0.05, 0.1) is 12.6 Å². The molecule has 1 saturated heterocycles. The van der Waals surface area contributed by atoms with Crippen molar-refractivity contribution in [3.63, 3.8) is 0 Å². The van der Waals surface area contributed by atoms with Gasteiger partial charge in [0.15, 0.2) is 5.96 Å². The summed E-state index contributed by atoms with van der Waals surface area (Å²) in [6, 6.07) is 6.08. The van der Waals surface area contributed by atoms with Crippen LogP contribution in [0.3, 0.4) is 0 Å². The molecule has 1 heterocycles. The molecule has 6 heteroatoms. The van der Waals surface area contributed by atoms with E-state index >= 15 is 0 Å². The number of guanidine groups is 1. The first kappa shape index (κ1) is 18.5. The van der Waals surface area contributed by atoms with Crippen LogP contribution in [-0.2, 0) is 4.74 Å². The molecule has 1 aliphatic rings. The number of ether oxygens (including phenoxy) is 2. The highest BCUT2D eigenvalue weighted by atomic mass is 19.1. The van der Waals surface area contributed by atoms with Gasteiger partial charge in [0, 0.05) is 26.7 Å². The van der Waals surface area contributed by atoms with E-state index in [0.717, 1.165) is 38.5 Å². The molecule has 1 aromatic rings. The number of nitrogens with zero attached hydrogens (tertiary/aromatic N) is 2. The lowest BCUT2D eigenvalue weighted by molar-refractivity contribution is 0.0263. The van der Waals surface area contributed by atoms with E-state index in [1.54, 1.807) is 19.2 Å². The van der Waals surface area contributed by atoms with Crippen LogP contribution in [0.2, 0.25) is 0 Å².